The Morgan fingerprint density at radius 1 is 1.59 bits per heavy atom. The SMILES string of the molecule is CC(C)(C)OC(=O)N1CCCC1CNc1cc(C#N)ccn1. The number of ether oxygens (including phenoxy) is 1. The minimum absolute atomic E-state index is 0.0855. The van der Waals surface area contributed by atoms with Crippen molar-refractivity contribution in [1.29, 1.82) is 5.26 Å². The summed E-state index contributed by atoms with van der Waals surface area (Å²) in [6.45, 7) is 6.91. The number of likely N-dealkylation sites (tertiary alicyclic amines) is 1. The number of carbonyl (C=O) groups is 1. The van der Waals surface area contributed by atoms with Gasteiger partial charge in [-0.15, -0.1) is 0 Å². The van der Waals surface area contributed by atoms with E-state index >= 15 is 0 Å². The molecule has 1 unspecified atom stereocenters. The summed E-state index contributed by atoms with van der Waals surface area (Å²) in [5.41, 5.74) is 0.0771. The number of pyridine rings is 1. The largest absolute Gasteiger partial charge is 0.444 e. The highest BCUT2D eigenvalue weighted by molar-refractivity contribution is 5.69. The number of hydrogen-bond donors (Lipinski definition) is 1. The van der Waals surface area contributed by atoms with E-state index in [2.05, 4.69) is 16.4 Å². The summed E-state index contributed by atoms with van der Waals surface area (Å²) in [7, 11) is 0. The molecule has 0 aliphatic carbocycles. The highest BCUT2D eigenvalue weighted by Crippen LogP contribution is 2.21. The summed E-state index contributed by atoms with van der Waals surface area (Å²) in [5.74, 6) is 0.648. The summed E-state index contributed by atoms with van der Waals surface area (Å²) < 4.78 is 5.44. The Hall–Kier alpha value is -2.29. The van der Waals surface area contributed by atoms with Crippen LogP contribution in [0, 0.1) is 11.3 Å². The number of rotatable bonds is 3. The van der Waals surface area contributed by atoms with Crippen LogP contribution >= 0.6 is 0 Å². The van der Waals surface area contributed by atoms with Crippen LogP contribution < -0.4 is 5.32 Å². The monoisotopic (exact) mass is 302 g/mol. The maximum Gasteiger partial charge on any atom is 0.410 e. The fourth-order valence-electron chi connectivity index (χ4n) is 2.43. The lowest BCUT2D eigenvalue weighted by Crippen LogP contribution is -2.42. The first-order chi connectivity index (χ1) is 10.4. The van der Waals surface area contributed by atoms with Crippen molar-refractivity contribution < 1.29 is 9.53 Å². The van der Waals surface area contributed by atoms with Crippen molar-refractivity contribution in [2.24, 2.45) is 0 Å². The molecule has 22 heavy (non-hydrogen) atoms. The van der Waals surface area contributed by atoms with E-state index in [1.54, 1.807) is 23.2 Å². The molecule has 2 rings (SSSR count). The Balaban J connectivity index is 1.94. The van der Waals surface area contributed by atoms with E-state index in [4.69, 9.17) is 10.00 Å². The minimum atomic E-state index is -0.486. The number of aromatic nitrogens is 1. The van der Waals surface area contributed by atoms with E-state index < -0.39 is 5.60 Å². The van der Waals surface area contributed by atoms with E-state index in [-0.39, 0.29) is 12.1 Å². The molecule has 1 fully saturated rings. The van der Waals surface area contributed by atoms with Crippen LogP contribution in [0.4, 0.5) is 10.6 Å². The molecular formula is C16H22N4O2. The van der Waals surface area contributed by atoms with E-state index in [9.17, 15) is 4.79 Å². The van der Waals surface area contributed by atoms with Gasteiger partial charge >= 0.3 is 6.09 Å². The molecule has 2 heterocycles. The van der Waals surface area contributed by atoms with E-state index in [1.165, 1.54) is 0 Å². The lowest BCUT2D eigenvalue weighted by molar-refractivity contribution is 0.0235. The van der Waals surface area contributed by atoms with Gasteiger partial charge in [-0.1, -0.05) is 0 Å². The average molecular weight is 302 g/mol. The summed E-state index contributed by atoms with van der Waals surface area (Å²) >= 11 is 0. The van der Waals surface area contributed by atoms with Gasteiger partial charge in [0.15, 0.2) is 0 Å². The van der Waals surface area contributed by atoms with Crippen LogP contribution in [0.1, 0.15) is 39.2 Å². The Kier molecular flexibility index (Phi) is 4.86. The summed E-state index contributed by atoms with van der Waals surface area (Å²) in [6, 6.07) is 5.53. The van der Waals surface area contributed by atoms with Crippen LogP contribution in [0.2, 0.25) is 0 Å². The Bertz CT molecular complexity index is 574. The molecule has 0 bridgehead atoms. The van der Waals surface area contributed by atoms with Crippen molar-refractivity contribution in [1.82, 2.24) is 9.88 Å². The second-order valence-corrected chi connectivity index (χ2v) is 6.39. The Morgan fingerprint density at radius 3 is 3.05 bits per heavy atom. The van der Waals surface area contributed by atoms with Gasteiger partial charge in [0.2, 0.25) is 0 Å². The number of carbonyl (C=O) groups excluding carboxylic acids is 1. The molecule has 1 saturated heterocycles. The minimum Gasteiger partial charge on any atom is -0.444 e. The highest BCUT2D eigenvalue weighted by atomic mass is 16.6. The molecule has 1 aliphatic rings. The topological polar surface area (TPSA) is 78.2 Å². The third-order valence-corrected chi connectivity index (χ3v) is 3.41. The predicted octanol–water partition coefficient (Wildman–Crippen LogP) is 2.76. The van der Waals surface area contributed by atoms with Gasteiger partial charge in [-0.3, -0.25) is 0 Å². The molecular weight excluding hydrogens is 280 g/mol. The van der Waals surface area contributed by atoms with Crippen molar-refractivity contribution in [2.45, 2.75) is 45.3 Å². The lowest BCUT2D eigenvalue weighted by Gasteiger charge is -2.28. The summed E-state index contributed by atoms with van der Waals surface area (Å²) in [5, 5.41) is 12.1. The molecule has 1 atom stereocenters. The van der Waals surface area contributed by atoms with Gasteiger partial charge in [-0.25, -0.2) is 9.78 Å². The quantitative estimate of drug-likeness (QED) is 0.929. The zero-order chi connectivity index (χ0) is 16.2. The maximum atomic E-state index is 12.2. The molecule has 118 valence electrons. The number of nitrogens with zero attached hydrogens (tertiary/aromatic N) is 3. The number of hydrogen-bond acceptors (Lipinski definition) is 5. The first-order valence-corrected chi connectivity index (χ1v) is 7.49. The zero-order valence-electron chi connectivity index (χ0n) is 13.3. The van der Waals surface area contributed by atoms with Crippen molar-refractivity contribution in [2.75, 3.05) is 18.4 Å². The van der Waals surface area contributed by atoms with Crippen LogP contribution in [0.3, 0.4) is 0 Å². The average Bonchev–Trinajstić information content (AvgIpc) is 2.92. The van der Waals surface area contributed by atoms with Gasteiger partial charge < -0.3 is 15.0 Å². The van der Waals surface area contributed by atoms with Gasteiger partial charge in [0, 0.05) is 19.3 Å². The van der Waals surface area contributed by atoms with Crippen LogP contribution in [0.15, 0.2) is 18.3 Å². The smallest absolute Gasteiger partial charge is 0.410 e. The van der Waals surface area contributed by atoms with Crippen molar-refractivity contribution >= 4 is 11.9 Å². The summed E-state index contributed by atoms with van der Waals surface area (Å²) in [6.07, 6.45) is 3.23. The number of nitrogens with one attached hydrogen (secondary N) is 1. The van der Waals surface area contributed by atoms with Gasteiger partial charge in [0.1, 0.15) is 11.4 Å². The normalized spacial score (nSPS) is 17.9. The molecule has 1 N–H and O–H groups in total. The number of anilines is 1. The molecule has 0 radical (unpaired) electrons. The third kappa shape index (κ3) is 4.35. The van der Waals surface area contributed by atoms with Gasteiger partial charge in [-0.05, 0) is 45.7 Å². The zero-order valence-corrected chi connectivity index (χ0v) is 13.3. The molecule has 0 saturated carbocycles. The van der Waals surface area contributed by atoms with Gasteiger partial charge in [0.05, 0.1) is 17.7 Å². The van der Waals surface area contributed by atoms with Gasteiger partial charge in [0.25, 0.3) is 0 Å². The second kappa shape index (κ2) is 6.65. The van der Waals surface area contributed by atoms with Gasteiger partial charge in [-0.2, -0.15) is 5.26 Å². The van der Waals surface area contributed by atoms with Crippen LogP contribution in [0.25, 0.3) is 0 Å². The molecule has 1 aromatic heterocycles. The molecule has 1 aliphatic heterocycles. The van der Waals surface area contributed by atoms with E-state index in [0.29, 0.717) is 24.5 Å². The fraction of sp³-hybridized carbons (Fsp3) is 0.562. The Labute approximate surface area is 131 Å². The first-order valence-electron chi connectivity index (χ1n) is 7.49. The summed E-state index contributed by atoms with van der Waals surface area (Å²) in [4.78, 5) is 18.2. The molecule has 1 amide bonds. The standard InChI is InChI=1S/C16H22N4O2/c1-16(2,3)22-15(21)20-8-4-5-13(20)11-19-14-9-12(10-17)6-7-18-14/h6-7,9,13H,4-5,8,11H2,1-3H3,(H,18,19). The molecule has 1 aromatic rings. The second-order valence-electron chi connectivity index (χ2n) is 6.39. The van der Waals surface area contributed by atoms with Crippen molar-refractivity contribution in [3.63, 3.8) is 0 Å². The Morgan fingerprint density at radius 2 is 2.36 bits per heavy atom. The highest BCUT2D eigenvalue weighted by Gasteiger charge is 2.31. The maximum absolute atomic E-state index is 12.2. The van der Waals surface area contributed by atoms with Crippen LogP contribution in [-0.4, -0.2) is 40.7 Å². The predicted molar refractivity (Wildman–Crippen MR) is 83.4 cm³/mol. The van der Waals surface area contributed by atoms with E-state index in [0.717, 1.165) is 12.8 Å². The fourth-order valence-corrected chi connectivity index (χ4v) is 2.43. The molecule has 6 heteroatoms. The first kappa shape index (κ1) is 16.1. The van der Waals surface area contributed by atoms with Crippen molar-refractivity contribution in [3.8, 4) is 6.07 Å². The third-order valence-electron chi connectivity index (χ3n) is 3.41. The number of nitriles is 1. The molecule has 6 nitrogen and oxygen atoms in total. The number of amides is 1. The van der Waals surface area contributed by atoms with Crippen molar-refractivity contribution in [3.05, 3.63) is 23.9 Å². The van der Waals surface area contributed by atoms with E-state index in [1.807, 2.05) is 20.8 Å². The van der Waals surface area contributed by atoms with Crippen LogP contribution in [0.5, 0.6) is 0 Å². The molecule has 0 spiro atoms. The lowest BCUT2D eigenvalue weighted by atomic mass is 10.2. The van der Waals surface area contributed by atoms with Crippen LogP contribution in [-0.2, 0) is 4.74 Å². The molecule has 0 aromatic carbocycles.